The van der Waals surface area contributed by atoms with Crippen LogP contribution in [0.2, 0.25) is 0 Å². The van der Waals surface area contributed by atoms with E-state index in [4.69, 9.17) is 5.11 Å². The zero-order chi connectivity index (χ0) is 12.9. The summed E-state index contributed by atoms with van der Waals surface area (Å²) in [7, 11) is 0. The molecule has 5 nitrogen and oxygen atoms in total. The highest BCUT2D eigenvalue weighted by molar-refractivity contribution is 5.86. The summed E-state index contributed by atoms with van der Waals surface area (Å²) < 4.78 is 0. The number of hydrogen-bond donors (Lipinski definition) is 2. The van der Waals surface area contributed by atoms with Crippen molar-refractivity contribution in [3.63, 3.8) is 0 Å². The normalized spacial score (nSPS) is 10.9. The molecule has 1 aromatic rings. The molecule has 0 radical (unpaired) electrons. The molecule has 0 unspecified atom stereocenters. The van der Waals surface area contributed by atoms with Crippen molar-refractivity contribution >= 4 is 11.9 Å². The first-order valence-electron chi connectivity index (χ1n) is 5.35. The molecule has 17 heavy (non-hydrogen) atoms. The summed E-state index contributed by atoms with van der Waals surface area (Å²) >= 11 is 0. The van der Waals surface area contributed by atoms with E-state index in [1.165, 1.54) is 13.8 Å². The molecule has 0 bridgehead atoms. The van der Waals surface area contributed by atoms with E-state index in [0.717, 1.165) is 5.56 Å². The maximum atomic E-state index is 11.5. The third-order valence-electron chi connectivity index (χ3n) is 2.35. The summed E-state index contributed by atoms with van der Waals surface area (Å²) in [5.41, 5.74) is -0.276. The smallest absolute Gasteiger partial charge is 0.328 e. The van der Waals surface area contributed by atoms with Crippen LogP contribution in [-0.4, -0.2) is 27.5 Å². The third-order valence-corrected chi connectivity index (χ3v) is 2.35. The van der Waals surface area contributed by atoms with Gasteiger partial charge in [0.2, 0.25) is 5.91 Å². The van der Waals surface area contributed by atoms with Crippen LogP contribution in [0.4, 0.5) is 0 Å². The molecule has 0 spiro atoms. The van der Waals surface area contributed by atoms with Crippen LogP contribution in [0.3, 0.4) is 0 Å². The number of aromatic nitrogens is 1. The summed E-state index contributed by atoms with van der Waals surface area (Å²) in [6, 6.07) is 3.68. The predicted octanol–water partition coefficient (Wildman–Crippen LogP) is 0.994. The standard InChI is InChI=1S/C12H16N2O3/c1-12(2,11(16)17)14-10(15)6-5-9-4-3-7-13-8-9/h3-4,7-8H,5-6H2,1-2H3,(H,14,15)(H,16,17). The largest absolute Gasteiger partial charge is 0.480 e. The molecule has 1 heterocycles. The zero-order valence-corrected chi connectivity index (χ0v) is 9.93. The monoisotopic (exact) mass is 236 g/mol. The van der Waals surface area contributed by atoms with Gasteiger partial charge in [0, 0.05) is 18.8 Å². The molecule has 5 heteroatoms. The summed E-state index contributed by atoms with van der Waals surface area (Å²) in [6.45, 7) is 2.91. The molecule has 1 rings (SSSR count). The highest BCUT2D eigenvalue weighted by Gasteiger charge is 2.28. The van der Waals surface area contributed by atoms with Gasteiger partial charge in [-0.25, -0.2) is 4.79 Å². The molecule has 1 amide bonds. The quantitative estimate of drug-likeness (QED) is 0.799. The average Bonchev–Trinajstić information content (AvgIpc) is 2.27. The lowest BCUT2D eigenvalue weighted by atomic mass is 10.1. The van der Waals surface area contributed by atoms with E-state index in [0.29, 0.717) is 6.42 Å². The number of pyridine rings is 1. The minimum Gasteiger partial charge on any atom is -0.480 e. The number of amides is 1. The lowest BCUT2D eigenvalue weighted by molar-refractivity contribution is -0.146. The second-order valence-corrected chi connectivity index (χ2v) is 4.34. The van der Waals surface area contributed by atoms with E-state index in [1.807, 2.05) is 6.07 Å². The number of rotatable bonds is 5. The number of nitrogens with one attached hydrogen (secondary N) is 1. The van der Waals surface area contributed by atoms with Crippen LogP contribution in [0.15, 0.2) is 24.5 Å². The Hall–Kier alpha value is -1.91. The number of hydrogen-bond acceptors (Lipinski definition) is 3. The molecule has 0 saturated carbocycles. The minimum atomic E-state index is -1.23. The molecular weight excluding hydrogens is 220 g/mol. The van der Waals surface area contributed by atoms with Gasteiger partial charge in [-0.15, -0.1) is 0 Å². The summed E-state index contributed by atoms with van der Waals surface area (Å²) in [6.07, 6.45) is 4.16. The van der Waals surface area contributed by atoms with Crippen LogP contribution >= 0.6 is 0 Å². The van der Waals surface area contributed by atoms with Crippen molar-refractivity contribution in [3.05, 3.63) is 30.1 Å². The van der Waals surface area contributed by atoms with Crippen molar-refractivity contribution < 1.29 is 14.7 Å². The van der Waals surface area contributed by atoms with Crippen molar-refractivity contribution in [2.45, 2.75) is 32.2 Å². The third kappa shape index (κ3) is 4.22. The lowest BCUT2D eigenvalue weighted by Crippen LogP contribution is -2.49. The SMILES string of the molecule is CC(C)(NC(=O)CCc1cccnc1)C(=O)O. The van der Waals surface area contributed by atoms with E-state index < -0.39 is 11.5 Å². The van der Waals surface area contributed by atoms with E-state index >= 15 is 0 Å². The molecule has 1 aromatic heterocycles. The zero-order valence-electron chi connectivity index (χ0n) is 9.93. The van der Waals surface area contributed by atoms with Crippen molar-refractivity contribution in [1.29, 1.82) is 0 Å². The Morgan fingerprint density at radius 1 is 1.47 bits per heavy atom. The van der Waals surface area contributed by atoms with Crippen LogP contribution in [0.1, 0.15) is 25.8 Å². The second-order valence-electron chi connectivity index (χ2n) is 4.34. The van der Waals surface area contributed by atoms with Gasteiger partial charge in [0.15, 0.2) is 0 Å². The molecule has 0 aliphatic carbocycles. The molecule has 2 N–H and O–H groups in total. The van der Waals surface area contributed by atoms with Crippen molar-refractivity contribution in [1.82, 2.24) is 10.3 Å². The molecule has 0 aliphatic rings. The highest BCUT2D eigenvalue weighted by atomic mass is 16.4. The van der Waals surface area contributed by atoms with Crippen LogP contribution < -0.4 is 5.32 Å². The van der Waals surface area contributed by atoms with Crippen LogP contribution in [0, 0.1) is 0 Å². The fourth-order valence-corrected chi connectivity index (χ4v) is 1.27. The fraction of sp³-hybridized carbons (Fsp3) is 0.417. The summed E-state index contributed by atoms with van der Waals surface area (Å²) in [4.78, 5) is 26.3. The van der Waals surface area contributed by atoms with E-state index in [1.54, 1.807) is 18.5 Å². The Labute approximate surface area is 99.9 Å². The molecule has 0 atom stereocenters. The predicted molar refractivity (Wildman–Crippen MR) is 62.4 cm³/mol. The maximum absolute atomic E-state index is 11.5. The molecule has 0 aromatic carbocycles. The first-order chi connectivity index (χ1) is 7.92. The van der Waals surface area contributed by atoms with Crippen molar-refractivity contribution in [3.8, 4) is 0 Å². The first-order valence-corrected chi connectivity index (χ1v) is 5.35. The van der Waals surface area contributed by atoms with Gasteiger partial charge in [0.1, 0.15) is 5.54 Å². The van der Waals surface area contributed by atoms with E-state index in [9.17, 15) is 9.59 Å². The second kappa shape index (κ2) is 5.43. The molecule has 0 aliphatic heterocycles. The Kier molecular flexibility index (Phi) is 4.20. The fourth-order valence-electron chi connectivity index (χ4n) is 1.27. The molecule has 0 fully saturated rings. The van der Waals surface area contributed by atoms with Crippen molar-refractivity contribution in [2.75, 3.05) is 0 Å². The number of carboxylic acid groups (broad SMARTS) is 1. The van der Waals surface area contributed by atoms with Gasteiger partial charge >= 0.3 is 5.97 Å². The Balaban J connectivity index is 2.44. The minimum absolute atomic E-state index is 0.252. The molecule has 92 valence electrons. The highest BCUT2D eigenvalue weighted by Crippen LogP contribution is 2.05. The van der Waals surface area contributed by atoms with Crippen LogP contribution in [0.5, 0.6) is 0 Å². The maximum Gasteiger partial charge on any atom is 0.328 e. The van der Waals surface area contributed by atoms with Gasteiger partial charge < -0.3 is 10.4 Å². The van der Waals surface area contributed by atoms with Crippen LogP contribution in [-0.2, 0) is 16.0 Å². The van der Waals surface area contributed by atoms with Crippen LogP contribution in [0.25, 0.3) is 0 Å². The van der Waals surface area contributed by atoms with Gasteiger partial charge in [-0.05, 0) is 31.9 Å². The topological polar surface area (TPSA) is 79.3 Å². The Morgan fingerprint density at radius 3 is 2.71 bits per heavy atom. The molecule has 0 saturated heterocycles. The molecular formula is C12H16N2O3. The van der Waals surface area contributed by atoms with Gasteiger partial charge in [0.25, 0.3) is 0 Å². The van der Waals surface area contributed by atoms with Gasteiger partial charge in [-0.2, -0.15) is 0 Å². The summed E-state index contributed by atoms with van der Waals surface area (Å²) in [5, 5.41) is 11.3. The Bertz CT molecular complexity index is 401. The Morgan fingerprint density at radius 2 is 2.18 bits per heavy atom. The average molecular weight is 236 g/mol. The number of carbonyl (C=O) groups excluding carboxylic acids is 1. The van der Waals surface area contributed by atoms with Crippen molar-refractivity contribution in [2.24, 2.45) is 0 Å². The van der Waals surface area contributed by atoms with Gasteiger partial charge in [-0.1, -0.05) is 6.07 Å². The number of nitrogens with zero attached hydrogens (tertiary/aromatic N) is 1. The number of carboxylic acids is 1. The van der Waals surface area contributed by atoms with E-state index in [2.05, 4.69) is 10.3 Å². The number of carbonyl (C=O) groups is 2. The van der Waals surface area contributed by atoms with E-state index in [-0.39, 0.29) is 12.3 Å². The van der Waals surface area contributed by atoms with Gasteiger partial charge in [-0.3, -0.25) is 9.78 Å². The number of aryl methyl sites for hydroxylation is 1. The summed E-state index contributed by atoms with van der Waals surface area (Å²) in [5.74, 6) is -1.33. The number of aliphatic carboxylic acids is 1. The lowest BCUT2D eigenvalue weighted by Gasteiger charge is -2.20. The first kappa shape index (κ1) is 13.2. The van der Waals surface area contributed by atoms with Gasteiger partial charge in [0.05, 0.1) is 0 Å².